The van der Waals surface area contributed by atoms with Gasteiger partial charge in [-0.2, -0.15) is 0 Å². The van der Waals surface area contributed by atoms with Gasteiger partial charge in [0.05, 0.1) is 42.2 Å². The standard InChI is InChI=1S/C47H68O13S/c1-27-13-15-36-29(3)38(52-41-46(36)34(27)17-20-43(5,55-41)57-59-46)23-31-25-50-45(19-10-22-61(48,49)33-11-8-7-9-12-33)51-26-32(40(31)54-45)24-39-30(4)37-16-14-28(2)35-18-21-44(6)56-42(53-39)47(35,37)60-58-44/h7-9,11-12,27-32,34-42H,10,13-26H2,1-6H3/t27-,28-,29-,30-,31?,32?,34+,35+,36+,37+,38-,39-,40?,41-,42-,43+,44+,45?,46-,47-/m1/s1. The van der Waals surface area contributed by atoms with Crippen molar-refractivity contribution in [2.24, 2.45) is 59.2 Å². The van der Waals surface area contributed by atoms with E-state index in [2.05, 4.69) is 27.7 Å². The van der Waals surface area contributed by atoms with Crippen LogP contribution in [0.5, 0.6) is 0 Å². The van der Waals surface area contributed by atoms with Crippen molar-refractivity contribution >= 4 is 9.84 Å². The second-order valence-corrected chi connectivity index (χ2v) is 23.6. The number of sulfone groups is 1. The molecule has 0 aromatic heterocycles. The first-order valence-electron chi connectivity index (χ1n) is 23.8. The zero-order chi connectivity index (χ0) is 42.2. The van der Waals surface area contributed by atoms with Crippen LogP contribution in [0.2, 0.25) is 0 Å². The second kappa shape index (κ2) is 15.1. The minimum atomic E-state index is -3.49. The SMILES string of the molecule is C[C@H]1[C@@H](CC2COC3(CCCS(=O)(=O)c4ccccc4)OCC(C[C@H]4O[C@@H]5O[C@]6(C)CC[C@H]7[C@H](C)CC[C@@H]([C@H]4C)[C@@]57OO6)C2O3)O[C@@H]2O[C@]3(C)CC[C@H]4[C@H](C)CC[C@@H]1[C@@]24OO3. The van der Waals surface area contributed by atoms with Crippen molar-refractivity contribution in [2.45, 2.75) is 183 Å². The molecule has 1 aromatic rings. The molecule has 18 atom stereocenters. The summed E-state index contributed by atoms with van der Waals surface area (Å²) in [5.74, 6) is -0.732. The highest BCUT2D eigenvalue weighted by Crippen LogP contribution is 2.63. The zero-order valence-corrected chi connectivity index (χ0v) is 37.7. The van der Waals surface area contributed by atoms with Gasteiger partial charge in [0.15, 0.2) is 33.6 Å². The van der Waals surface area contributed by atoms with Gasteiger partial charge in [-0.15, -0.1) is 0 Å². The first-order valence-corrected chi connectivity index (χ1v) is 25.5. The summed E-state index contributed by atoms with van der Waals surface area (Å²) in [6.07, 6.45) is 8.39. The zero-order valence-electron chi connectivity index (χ0n) is 36.9. The van der Waals surface area contributed by atoms with Crippen LogP contribution in [0.25, 0.3) is 0 Å². The summed E-state index contributed by atoms with van der Waals surface area (Å²) in [6.45, 7) is 14.1. The first-order chi connectivity index (χ1) is 29.2. The van der Waals surface area contributed by atoms with E-state index in [1.54, 1.807) is 24.3 Å². The lowest BCUT2D eigenvalue weighted by Gasteiger charge is -2.61. The van der Waals surface area contributed by atoms with Gasteiger partial charge in [-0.25, -0.2) is 28.0 Å². The predicted octanol–water partition coefficient (Wildman–Crippen LogP) is 7.85. The van der Waals surface area contributed by atoms with Crippen LogP contribution >= 0.6 is 0 Å². The summed E-state index contributed by atoms with van der Waals surface area (Å²) in [7, 11) is -3.49. The van der Waals surface area contributed by atoms with Gasteiger partial charge >= 0.3 is 0 Å². The molecule has 6 bridgehead atoms. The third-order valence-electron chi connectivity index (χ3n) is 17.9. The molecule has 340 valence electrons. The molecule has 2 aliphatic carbocycles. The van der Waals surface area contributed by atoms with Crippen molar-refractivity contribution in [1.29, 1.82) is 0 Å². The highest BCUT2D eigenvalue weighted by Gasteiger charge is 2.71. The van der Waals surface area contributed by atoms with Crippen molar-refractivity contribution in [3.63, 3.8) is 0 Å². The van der Waals surface area contributed by atoms with E-state index in [0.29, 0.717) is 67.5 Å². The number of rotatable bonds is 9. The monoisotopic (exact) mass is 872 g/mol. The fourth-order valence-electron chi connectivity index (χ4n) is 14.5. The lowest BCUT2D eigenvalue weighted by molar-refractivity contribution is -0.571. The number of benzene rings is 1. The molecule has 14 heteroatoms. The van der Waals surface area contributed by atoms with Crippen LogP contribution < -0.4 is 0 Å². The molecule has 2 saturated carbocycles. The van der Waals surface area contributed by atoms with E-state index < -0.39 is 51.2 Å². The first kappa shape index (κ1) is 42.4. The number of fused-ring (bicyclic) bond motifs is 6. The molecule has 2 unspecified atom stereocenters. The lowest BCUT2D eigenvalue weighted by Crippen LogP contribution is -2.71. The van der Waals surface area contributed by atoms with E-state index in [1.165, 1.54) is 0 Å². The summed E-state index contributed by atoms with van der Waals surface area (Å²) in [6, 6.07) is 8.62. The number of hydrogen-bond acceptors (Lipinski definition) is 13. The molecule has 0 N–H and O–H groups in total. The van der Waals surface area contributed by atoms with Crippen LogP contribution in [-0.4, -0.2) is 87.0 Å². The van der Waals surface area contributed by atoms with Gasteiger partial charge in [-0.3, -0.25) is 0 Å². The number of ether oxygens (including phenoxy) is 7. The van der Waals surface area contributed by atoms with E-state index in [1.807, 2.05) is 19.9 Å². The van der Waals surface area contributed by atoms with Crippen molar-refractivity contribution < 1.29 is 61.1 Å². The maximum Gasteiger partial charge on any atom is 0.283 e. The predicted molar refractivity (Wildman–Crippen MR) is 217 cm³/mol. The van der Waals surface area contributed by atoms with Crippen molar-refractivity contribution in [3.8, 4) is 0 Å². The van der Waals surface area contributed by atoms with E-state index in [9.17, 15) is 8.42 Å². The van der Waals surface area contributed by atoms with Crippen LogP contribution in [0.15, 0.2) is 35.2 Å². The summed E-state index contributed by atoms with van der Waals surface area (Å²) in [5.41, 5.74) is -1.26. The fourth-order valence-corrected chi connectivity index (χ4v) is 15.8. The summed E-state index contributed by atoms with van der Waals surface area (Å²) >= 11 is 0. The Kier molecular flexibility index (Phi) is 10.5. The molecular weight excluding hydrogens is 805 g/mol. The normalized spacial score (nSPS) is 53.6. The van der Waals surface area contributed by atoms with Crippen LogP contribution in [0, 0.1) is 59.2 Å². The average molecular weight is 873 g/mol. The maximum absolute atomic E-state index is 13.3. The molecule has 10 aliphatic heterocycles. The number of hydrogen-bond donors (Lipinski definition) is 0. The molecule has 2 spiro atoms. The van der Waals surface area contributed by atoms with Crippen LogP contribution in [-0.2, 0) is 62.5 Å². The molecule has 12 aliphatic rings. The van der Waals surface area contributed by atoms with Gasteiger partial charge in [-0.05, 0) is 119 Å². The van der Waals surface area contributed by atoms with Crippen molar-refractivity contribution in [3.05, 3.63) is 30.3 Å². The Morgan fingerprint density at radius 2 is 1.13 bits per heavy atom. The minimum absolute atomic E-state index is 0.0171. The Morgan fingerprint density at radius 3 is 1.64 bits per heavy atom. The molecular formula is C47H68O13S. The van der Waals surface area contributed by atoms with Crippen LogP contribution in [0.1, 0.15) is 119 Å². The Bertz CT molecular complexity index is 1810. The quantitative estimate of drug-likeness (QED) is 0.223. The Labute approximate surface area is 361 Å². The maximum atomic E-state index is 13.3. The smallest absolute Gasteiger partial charge is 0.283 e. The highest BCUT2D eigenvalue weighted by molar-refractivity contribution is 7.91. The van der Waals surface area contributed by atoms with Crippen LogP contribution in [0.4, 0.5) is 0 Å². The molecule has 0 amide bonds. The molecule has 13 rings (SSSR count). The molecule has 12 fully saturated rings. The molecule has 10 saturated heterocycles. The summed E-state index contributed by atoms with van der Waals surface area (Å²) in [5, 5.41) is 0. The van der Waals surface area contributed by atoms with Gasteiger partial charge in [0.2, 0.25) is 11.6 Å². The second-order valence-electron chi connectivity index (χ2n) is 21.5. The lowest BCUT2D eigenvalue weighted by atomic mass is 9.57. The van der Waals surface area contributed by atoms with E-state index in [0.717, 1.165) is 51.4 Å². The summed E-state index contributed by atoms with van der Waals surface area (Å²) in [4.78, 5) is 25.5. The van der Waals surface area contributed by atoms with Gasteiger partial charge < -0.3 is 33.2 Å². The third kappa shape index (κ3) is 6.72. The Balaban J connectivity index is 0.858. The van der Waals surface area contributed by atoms with Crippen molar-refractivity contribution in [2.75, 3.05) is 19.0 Å². The molecule has 1 aromatic carbocycles. The Hall–Kier alpha value is -1.27. The fraction of sp³-hybridized carbons (Fsp3) is 0.872. The Morgan fingerprint density at radius 1 is 0.623 bits per heavy atom. The van der Waals surface area contributed by atoms with E-state index >= 15 is 0 Å². The minimum Gasteiger partial charge on any atom is -0.346 e. The molecule has 10 heterocycles. The summed E-state index contributed by atoms with van der Waals surface area (Å²) < 4.78 is 74.7. The van der Waals surface area contributed by atoms with E-state index in [4.69, 9.17) is 52.7 Å². The van der Waals surface area contributed by atoms with Gasteiger partial charge in [0.1, 0.15) is 0 Å². The molecule has 0 radical (unpaired) electrons. The van der Waals surface area contributed by atoms with Gasteiger partial charge in [0, 0.05) is 42.9 Å². The average Bonchev–Trinajstić information content (AvgIpc) is 3.62. The third-order valence-corrected chi connectivity index (χ3v) is 19.8. The van der Waals surface area contributed by atoms with Crippen LogP contribution in [0.3, 0.4) is 0 Å². The molecule has 61 heavy (non-hydrogen) atoms. The van der Waals surface area contributed by atoms with Gasteiger partial charge in [0.25, 0.3) is 5.97 Å². The highest BCUT2D eigenvalue weighted by atomic mass is 32.2. The largest absolute Gasteiger partial charge is 0.346 e. The van der Waals surface area contributed by atoms with Crippen molar-refractivity contribution in [1.82, 2.24) is 0 Å². The van der Waals surface area contributed by atoms with Gasteiger partial charge in [-0.1, -0.05) is 45.9 Å². The topological polar surface area (TPSA) is 136 Å². The van der Waals surface area contributed by atoms with E-state index in [-0.39, 0.29) is 59.6 Å². The molecule has 13 nitrogen and oxygen atoms in total.